The summed E-state index contributed by atoms with van der Waals surface area (Å²) in [4.78, 5) is 24.9. The minimum absolute atomic E-state index is 0.0745. The lowest BCUT2D eigenvalue weighted by atomic mass is 10.1. The summed E-state index contributed by atoms with van der Waals surface area (Å²) in [5.41, 5.74) is 2.58. The number of aliphatic carboxylic acids is 1. The van der Waals surface area contributed by atoms with Crippen LogP contribution in [0.3, 0.4) is 0 Å². The molecule has 0 aromatic heterocycles. The minimum atomic E-state index is -1.07. The molecule has 0 aliphatic carbocycles. The largest absolute Gasteiger partial charge is 0.480 e. The number of carboxylic acids is 1. The first-order chi connectivity index (χ1) is 9.56. The number of nitrogens with zero attached hydrogens (tertiary/aromatic N) is 1. The lowest BCUT2D eigenvalue weighted by molar-refractivity contribution is -0.141. The van der Waals surface area contributed by atoms with Crippen molar-refractivity contribution in [2.45, 2.75) is 25.0 Å². The molecular formula is C14H16N2O4. The molecule has 0 radical (unpaired) electrons. The first-order valence-corrected chi connectivity index (χ1v) is 6.65. The van der Waals surface area contributed by atoms with Gasteiger partial charge in [-0.3, -0.25) is 4.79 Å². The zero-order chi connectivity index (χ0) is 14.3. The second-order valence-electron chi connectivity index (χ2n) is 5.25. The SMILES string of the molecule is O=C(O)[C@@H]1C[C@H](O)CN1C(=O)c1ccc2c(c1)CCN2. The van der Waals surface area contributed by atoms with Crippen LogP contribution >= 0.6 is 0 Å². The van der Waals surface area contributed by atoms with E-state index in [-0.39, 0.29) is 18.9 Å². The van der Waals surface area contributed by atoms with Crippen LogP contribution in [0.15, 0.2) is 18.2 Å². The van der Waals surface area contributed by atoms with Crippen LogP contribution in [-0.2, 0) is 11.2 Å². The predicted molar refractivity (Wildman–Crippen MR) is 71.7 cm³/mol. The smallest absolute Gasteiger partial charge is 0.326 e. The highest BCUT2D eigenvalue weighted by Gasteiger charge is 2.39. The van der Waals surface area contributed by atoms with Crippen LogP contribution in [0.5, 0.6) is 0 Å². The quantitative estimate of drug-likeness (QED) is 0.723. The van der Waals surface area contributed by atoms with E-state index in [1.807, 2.05) is 6.07 Å². The second-order valence-corrected chi connectivity index (χ2v) is 5.25. The molecule has 1 amide bonds. The van der Waals surface area contributed by atoms with Crippen LogP contribution in [0.4, 0.5) is 5.69 Å². The number of likely N-dealkylation sites (tertiary alicyclic amines) is 1. The first-order valence-electron chi connectivity index (χ1n) is 6.65. The van der Waals surface area contributed by atoms with E-state index in [0.29, 0.717) is 5.56 Å². The van der Waals surface area contributed by atoms with Crippen molar-refractivity contribution in [3.8, 4) is 0 Å². The third kappa shape index (κ3) is 2.12. The van der Waals surface area contributed by atoms with E-state index in [2.05, 4.69) is 5.32 Å². The van der Waals surface area contributed by atoms with Crippen molar-refractivity contribution in [2.75, 3.05) is 18.4 Å². The summed E-state index contributed by atoms with van der Waals surface area (Å²) in [7, 11) is 0. The highest BCUT2D eigenvalue weighted by molar-refractivity contribution is 5.97. The van der Waals surface area contributed by atoms with Crippen LogP contribution in [0, 0.1) is 0 Å². The van der Waals surface area contributed by atoms with Crippen LogP contribution in [0.1, 0.15) is 22.3 Å². The molecule has 2 atom stereocenters. The van der Waals surface area contributed by atoms with Gasteiger partial charge in [-0.2, -0.15) is 0 Å². The molecule has 0 saturated carbocycles. The van der Waals surface area contributed by atoms with Gasteiger partial charge in [0, 0.05) is 30.8 Å². The Bertz CT molecular complexity index is 572. The van der Waals surface area contributed by atoms with Crippen molar-refractivity contribution in [1.82, 2.24) is 4.90 Å². The molecule has 0 spiro atoms. The number of fused-ring (bicyclic) bond motifs is 1. The lowest BCUT2D eigenvalue weighted by Gasteiger charge is -2.21. The normalized spacial score (nSPS) is 24.4. The van der Waals surface area contributed by atoms with Crippen molar-refractivity contribution in [3.05, 3.63) is 29.3 Å². The van der Waals surface area contributed by atoms with Crippen molar-refractivity contribution in [3.63, 3.8) is 0 Å². The van der Waals surface area contributed by atoms with Gasteiger partial charge in [-0.15, -0.1) is 0 Å². The van der Waals surface area contributed by atoms with Crippen LogP contribution in [0.25, 0.3) is 0 Å². The molecule has 2 heterocycles. The number of β-amino-alcohol motifs (C(OH)–C–C–N with tert-alkyl or cyclic N) is 1. The Kier molecular flexibility index (Phi) is 3.10. The van der Waals surface area contributed by atoms with E-state index in [9.17, 15) is 14.7 Å². The van der Waals surface area contributed by atoms with E-state index in [1.54, 1.807) is 12.1 Å². The molecule has 1 aromatic rings. The second kappa shape index (κ2) is 4.79. The Morgan fingerprint density at radius 3 is 2.90 bits per heavy atom. The van der Waals surface area contributed by atoms with E-state index < -0.39 is 18.1 Å². The van der Waals surface area contributed by atoms with Gasteiger partial charge in [0.15, 0.2) is 0 Å². The van der Waals surface area contributed by atoms with Gasteiger partial charge in [0.1, 0.15) is 6.04 Å². The maximum Gasteiger partial charge on any atom is 0.326 e. The number of benzene rings is 1. The summed E-state index contributed by atoms with van der Waals surface area (Å²) in [6, 6.07) is 4.41. The maximum absolute atomic E-state index is 12.4. The summed E-state index contributed by atoms with van der Waals surface area (Å²) >= 11 is 0. The average molecular weight is 276 g/mol. The Hall–Kier alpha value is -2.08. The fourth-order valence-electron chi connectivity index (χ4n) is 2.88. The average Bonchev–Trinajstić information content (AvgIpc) is 3.02. The van der Waals surface area contributed by atoms with Crippen LogP contribution < -0.4 is 5.32 Å². The molecule has 20 heavy (non-hydrogen) atoms. The number of hydrogen-bond donors (Lipinski definition) is 3. The molecule has 0 unspecified atom stereocenters. The van der Waals surface area contributed by atoms with E-state index in [4.69, 9.17) is 5.11 Å². The summed E-state index contributed by atoms with van der Waals surface area (Å²) in [5, 5.41) is 22.0. The third-order valence-corrected chi connectivity index (χ3v) is 3.89. The summed E-state index contributed by atoms with van der Waals surface area (Å²) in [5.74, 6) is -1.40. The Labute approximate surface area is 116 Å². The zero-order valence-electron chi connectivity index (χ0n) is 10.9. The number of aliphatic hydroxyl groups excluding tert-OH is 1. The number of nitrogens with one attached hydrogen (secondary N) is 1. The summed E-state index contributed by atoms with van der Waals surface area (Å²) in [6.07, 6.45) is 0.186. The summed E-state index contributed by atoms with van der Waals surface area (Å²) in [6.45, 7) is 0.929. The van der Waals surface area contributed by atoms with Crippen molar-refractivity contribution >= 4 is 17.6 Å². The molecule has 2 aliphatic rings. The van der Waals surface area contributed by atoms with Crippen molar-refractivity contribution in [2.24, 2.45) is 0 Å². The number of rotatable bonds is 2. The van der Waals surface area contributed by atoms with Gasteiger partial charge in [-0.05, 0) is 30.2 Å². The Morgan fingerprint density at radius 1 is 1.35 bits per heavy atom. The number of amides is 1. The Balaban J connectivity index is 1.86. The fourth-order valence-corrected chi connectivity index (χ4v) is 2.88. The molecule has 1 aromatic carbocycles. The number of carbonyl (C=O) groups excluding carboxylic acids is 1. The number of aliphatic hydroxyl groups is 1. The highest BCUT2D eigenvalue weighted by atomic mass is 16.4. The zero-order valence-corrected chi connectivity index (χ0v) is 10.9. The van der Waals surface area contributed by atoms with Gasteiger partial charge < -0.3 is 20.4 Å². The molecule has 1 saturated heterocycles. The topological polar surface area (TPSA) is 89.9 Å². The van der Waals surface area contributed by atoms with E-state index in [0.717, 1.165) is 24.2 Å². The highest BCUT2D eigenvalue weighted by Crippen LogP contribution is 2.26. The molecule has 1 fully saturated rings. The molecule has 3 rings (SSSR count). The molecule has 6 heteroatoms. The maximum atomic E-state index is 12.4. The monoisotopic (exact) mass is 276 g/mol. The van der Waals surface area contributed by atoms with Crippen molar-refractivity contribution < 1.29 is 19.8 Å². The van der Waals surface area contributed by atoms with Gasteiger partial charge >= 0.3 is 5.97 Å². The lowest BCUT2D eigenvalue weighted by Crippen LogP contribution is -2.40. The molecule has 2 aliphatic heterocycles. The van der Waals surface area contributed by atoms with Gasteiger partial charge in [0.2, 0.25) is 0 Å². The molecule has 0 bridgehead atoms. The standard InChI is InChI=1S/C14H16N2O4/c17-10-6-12(14(19)20)16(7-10)13(18)9-1-2-11-8(5-9)3-4-15-11/h1-2,5,10,12,15,17H,3-4,6-7H2,(H,19,20)/t10-,12-/m0/s1. The van der Waals surface area contributed by atoms with E-state index in [1.165, 1.54) is 4.90 Å². The van der Waals surface area contributed by atoms with Gasteiger partial charge in [-0.25, -0.2) is 4.79 Å². The molecule has 3 N–H and O–H groups in total. The molecular weight excluding hydrogens is 260 g/mol. The number of carboxylic acid groups (broad SMARTS) is 1. The van der Waals surface area contributed by atoms with Crippen molar-refractivity contribution in [1.29, 1.82) is 0 Å². The Morgan fingerprint density at radius 2 is 2.15 bits per heavy atom. The number of anilines is 1. The minimum Gasteiger partial charge on any atom is -0.480 e. The third-order valence-electron chi connectivity index (χ3n) is 3.89. The van der Waals surface area contributed by atoms with Gasteiger partial charge in [0.25, 0.3) is 5.91 Å². The van der Waals surface area contributed by atoms with Crippen LogP contribution in [-0.4, -0.2) is 52.2 Å². The van der Waals surface area contributed by atoms with Gasteiger partial charge in [0.05, 0.1) is 6.10 Å². The predicted octanol–water partition coefficient (Wildman–Crippen LogP) is 0.315. The van der Waals surface area contributed by atoms with Crippen LogP contribution in [0.2, 0.25) is 0 Å². The number of carbonyl (C=O) groups is 2. The van der Waals surface area contributed by atoms with Gasteiger partial charge in [-0.1, -0.05) is 0 Å². The summed E-state index contributed by atoms with van der Waals surface area (Å²) < 4.78 is 0. The first kappa shape index (κ1) is 12.9. The molecule has 106 valence electrons. The van der Waals surface area contributed by atoms with E-state index >= 15 is 0 Å². The number of hydrogen-bond acceptors (Lipinski definition) is 4. The molecule has 6 nitrogen and oxygen atoms in total. The fraction of sp³-hybridized carbons (Fsp3) is 0.429.